The maximum absolute atomic E-state index is 11.7. The van der Waals surface area contributed by atoms with Gasteiger partial charge in [0.2, 0.25) is 0 Å². The van der Waals surface area contributed by atoms with E-state index in [-0.39, 0.29) is 22.9 Å². The summed E-state index contributed by atoms with van der Waals surface area (Å²) < 4.78 is 4.99. The Balaban J connectivity index is 2.75. The van der Waals surface area contributed by atoms with Gasteiger partial charge in [-0.2, -0.15) is 0 Å². The van der Waals surface area contributed by atoms with Gasteiger partial charge in [0.15, 0.2) is 11.0 Å². The van der Waals surface area contributed by atoms with Crippen LogP contribution in [0.2, 0.25) is 5.22 Å². The maximum Gasteiger partial charge on any atom is 0.289 e. The lowest BCUT2D eigenvalue weighted by Crippen LogP contribution is -2.39. The highest BCUT2D eigenvalue weighted by molar-refractivity contribution is 6.29. The van der Waals surface area contributed by atoms with Gasteiger partial charge < -0.3 is 15.1 Å². The summed E-state index contributed by atoms with van der Waals surface area (Å²) in [5, 5.41) is 0.210. The number of amides is 1. The molecule has 0 radical (unpaired) electrons. The van der Waals surface area contributed by atoms with Gasteiger partial charge in [-0.25, -0.2) is 0 Å². The third-order valence-electron chi connectivity index (χ3n) is 2.11. The van der Waals surface area contributed by atoms with Crippen LogP contribution in [0, 0.1) is 0 Å². The molecule has 0 bridgehead atoms. The highest BCUT2D eigenvalue weighted by Crippen LogP contribution is 2.15. The van der Waals surface area contributed by atoms with Crippen LogP contribution in [0.5, 0.6) is 0 Å². The zero-order valence-electron chi connectivity index (χ0n) is 8.16. The fourth-order valence-electron chi connectivity index (χ4n) is 0.961. The van der Waals surface area contributed by atoms with E-state index in [1.165, 1.54) is 11.0 Å². The maximum atomic E-state index is 11.7. The van der Waals surface area contributed by atoms with Crippen molar-refractivity contribution in [2.45, 2.75) is 13.0 Å². The highest BCUT2D eigenvalue weighted by Gasteiger charge is 2.19. The quantitative estimate of drug-likeness (QED) is 0.830. The standard InChI is InChI=1S/C9H13ClN2O2/c1-6(5-11)12(2)9(13)7-3-4-8(10)14-7/h3-4,6H,5,11H2,1-2H3. The monoisotopic (exact) mass is 216 g/mol. The summed E-state index contributed by atoms with van der Waals surface area (Å²) in [4.78, 5) is 13.2. The average molecular weight is 217 g/mol. The predicted molar refractivity (Wildman–Crippen MR) is 54.3 cm³/mol. The molecule has 5 heteroatoms. The molecule has 2 N–H and O–H groups in total. The van der Waals surface area contributed by atoms with E-state index in [1.807, 2.05) is 6.92 Å². The molecule has 4 nitrogen and oxygen atoms in total. The number of likely N-dealkylation sites (N-methyl/N-ethyl adjacent to an activating group) is 1. The number of hydrogen-bond donors (Lipinski definition) is 1. The van der Waals surface area contributed by atoms with Crippen molar-refractivity contribution in [2.24, 2.45) is 5.73 Å². The lowest BCUT2D eigenvalue weighted by molar-refractivity contribution is 0.0716. The minimum atomic E-state index is -0.213. The van der Waals surface area contributed by atoms with Gasteiger partial charge in [-0.15, -0.1) is 0 Å². The Hall–Kier alpha value is -1.00. The number of carbonyl (C=O) groups excluding carboxylic acids is 1. The first kappa shape index (κ1) is 11.1. The minimum absolute atomic E-state index is 0.0219. The van der Waals surface area contributed by atoms with E-state index in [0.717, 1.165) is 0 Å². The molecule has 1 atom stereocenters. The Morgan fingerprint density at radius 1 is 1.71 bits per heavy atom. The van der Waals surface area contributed by atoms with Crippen molar-refractivity contribution in [3.05, 3.63) is 23.1 Å². The van der Waals surface area contributed by atoms with Crippen LogP contribution in [0.3, 0.4) is 0 Å². The van der Waals surface area contributed by atoms with Crippen LogP contribution in [0.1, 0.15) is 17.5 Å². The Labute approximate surface area is 87.6 Å². The zero-order valence-corrected chi connectivity index (χ0v) is 8.91. The predicted octanol–water partition coefficient (Wildman–Crippen LogP) is 1.35. The van der Waals surface area contributed by atoms with Gasteiger partial charge in [0.25, 0.3) is 5.91 Å². The zero-order chi connectivity index (χ0) is 10.7. The first-order chi connectivity index (χ1) is 6.56. The summed E-state index contributed by atoms with van der Waals surface area (Å²) in [6.45, 7) is 2.28. The van der Waals surface area contributed by atoms with Gasteiger partial charge in [-0.1, -0.05) is 0 Å². The summed E-state index contributed by atoms with van der Waals surface area (Å²) in [5.74, 6) is 0.0210. The topological polar surface area (TPSA) is 59.5 Å². The number of furan rings is 1. The average Bonchev–Trinajstić information content (AvgIpc) is 2.61. The molecule has 0 saturated heterocycles. The van der Waals surface area contributed by atoms with E-state index in [0.29, 0.717) is 6.54 Å². The second-order valence-corrected chi connectivity index (χ2v) is 3.48. The Morgan fingerprint density at radius 2 is 2.36 bits per heavy atom. The molecule has 0 saturated carbocycles. The number of carbonyl (C=O) groups is 1. The van der Waals surface area contributed by atoms with Crippen molar-refractivity contribution >= 4 is 17.5 Å². The summed E-state index contributed by atoms with van der Waals surface area (Å²) in [7, 11) is 1.68. The number of rotatable bonds is 3. The SMILES string of the molecule is CC(CN)N(C)C(=O)c1ccc(Cl)o1. The van der Waals surface area contributed by atoms with E-state index >= 15 is 0 Å². The van der Waals surface area contributed by atoms with Gasteiger partial charge in [0.05, 0.1) is 0 Å². The third-order valence-corrected chi connectivity index (χ3v) is 2.31. The van der Waals surface area contributed by atoms with Gasteiger partial charge >= 0.3 is 0 Å². The van der Waals surface area contributed by atoms with Crippen molar-refractivity contribution in [1.82, 2.24) is 4.90 Å². The smallest absolute Gasteiger partial charge is 0.289 e. The summed E-state index contributed by atoms with van der Waals surface area (Å²) in [6.07, 6.45) is 0. The van der Waals surface area contributed by atoms with Crippen LogP contribution in [0.15, 0.2) is 16.5 Å². The molecular formula is C9H13ClN2O2. The minimum Gasteiger partial charge on any atom is -0.440 e. The van der Waals surface area contributed by atoms with E-state index < -0.39 is 0 Å². The van der Waals surface area contributed by atoms with Crippen LogP contribution in [0.25, 0.3) is 0 Å². The molecule has 0 fully saturated rings. The lowest BCUT2D eigenvalue weighted by Gasteiger charge is -2.22. The van der Waals surface area contributed by atoms with Crippen molar-refractivity contribution in [3.63, 3.8) is 0 Å². The molecule has 1 aromatic heterocycles. The number of nitrogens with two attached hydrogens (primary N) is 1. The number of halogens is 1. The fourth-order valence-corrected chi connectivity index (χ4v) is 1.11. The van der Waals surface area contributed by atoms with Crippen LogP contribution in [-0.2, 0) is 0 Å². The number of nitrogens with zero attached hydrogens (tertiary/aromatic N) is 1. The summed E-state index contributed by atoms with van der Waals surface area (Å²) in [5.41, 5.74) is 5.44. The molecule has 0 aliphatic heterocycles. The molecule has 0 aliphatic carbocycles. The molecule has 1 rings (SSSR count). The Bertz CT molecular complexity index is 324. The molecule has 14 heavy (non-hydrogen) atoms. The van der Waals surface area contributed by atoms with Crippen molar-refractivity contribution < 1.29 is 9.21 Å². The molecule has 1 heterocycles. The second kappa shape index (κ2) is 4.48. The Morgan fingerprint density at radius 3 is 2.79 bits per heavy atom. The molecular weight excluding hydrogens is 204 g/mol. The molecule has 78 valence electrons. The molecule has 1 aromatic rings. The summed E-state index contributed by atoms with van der Waals surface area (Å²) >= 11 is 5.56. The number of hydrogen-bond acceptors (Lipinski definition) is 3. The van der Waals surface area contributed by atoms with E-state index in [9.17, 15) is 4.79 Å². The van der Waals surface area contributed by atoms with Crippen LogP contribution < -0.4 is 5.73 Å². The van der Waals surface area contributed by atoms with Gasteiger partial charge in [0.1, 0.15) is 0 Å². The molecule has 0 spiro atoms. The molecule has 0 aromatic carbocycles. The largest absolute Gasteiger partial charge is 0.440 e. The van der Waals surface area contributed by atoms with Crippen LogP contribution in [0.4, 0.5) is 0 Å². The fraction of sp³-hybridized carbons (Fsp3) is 0.444. The third kappa shape index (κ3) is 2.27. The van der Waals surface area contributed by atoms with Crippen molar-refractivity contribution in [2.75, 3.05) is 13.6 Å². The first-order valence-corrected chi connectivity index (χ1v) is 4.66. The van der Waals surface area contributed by atoms with Crippen LogP contribution >= 0.6 is 11.6 Å². The van der Waals surface area contributed by atoms with Gasteiger partial charge in [0, 0.05) is 19.6 Å². The Kier molecular flexibility index (Phi) is 3.55. The molecule has 1 unspecified atom stereocenters. The van der Waals surface area contributed by atoms with E-state index in [2.05, 4.69) is 0 Å². The first-order valence-electron chi connectivity index (χ1n) is 4.28. The van der Waals surface area contributed by atoms with Crippen LogP contribution in [-0.4, -0.2) is 30.4 Å². The van der Waals surface area contributed by atoms with E-state index in [4.69, 9.17) is 21.8 Å². The molecule has 1 amide bonds. The molecule has 0 aliphatic rings. The van der Waals surface area contributed by atoms with Gasteiger partial charge in [-0.3, -0.25) is 4.79 Å². The normalized spacial score (nSPS) is 12.6. The lowest BCUT2D eigenvalue weighted by atomic mass is 10.3. The van der Waals surface area contributed by atoms with Crippen molar-refractivity contribution in [3.8, 4) is 0 Å². The highest BCUT2D eigenvalue weighted by atomic mass is 35.5. The van der Waals surface area contributed by atoms with E-state index in [1.54, 1.807) is 13.1 Å². The second-order valence-electron chi connectivity index (χ2n) is 3.10. The van der Waals surface area contributed by atoms with Crippen molar-refractivity contribution in [1.29, 1.82) is 0 Å². The summed E-state index contributed by atoms with van der Waals surface area (Å²) in [6, 6.07) is 3.06. The van der Waals surface area contributed by atoms with Gasteiger partial charge in [-0.05, 0) is 30.7 Å².